The normalized spacial score (nSPS) is 11.3. The Morgan fingerprint density at radius 3 is 1.68 bits per heavy atom. The highest BCUT2D eigenvalue weighted by molar-refractivity contribution is 7.20. The molecular formula is C28H26F9N5O7S. The molecule has 0 aliphatic heterocycles. The van der Waals surface area contributed by atoms with E-state index in [0.29, 0.717) is 18.1 Å². The number of thiazole rings is 1. The monoisotopic (exact) mass is 747 g/mol. The zero-order valence-electron chi connectivity index (χ0n) is 25.5. The molecule has 2 aromatic carbocycles. The topological polar surface area (TPSA) is 177 Å². The highest BCUT2D eigenvalue weighted by Gasteiger charge is 2.39. The number of nitrogens with one attached hydrogen (secondary N) is 1. The van der Waals surface area contributed by atoms with Crippen molar-refractivity contribution in [3.63, 3.8) is 0 Å². The average molecular weight is 748 g/mol. The summed E-state index contributed by atoms with van der Waals surface area (Å²) in [4.78, 5) is 48.6. The third kappa shape index (κ3) is 15.3. The molecule has 12 nitrogen and oxygen atoms in total. The molecule has 0 atom stereocenters. The Kier molecular flexibility index (Phi) is 15.8. The van der Waals surface area contributed by atoms with Crippen molar-refractivity contribution in [2.24, 2.45) is 0 Å². The van der Waals surface area contributed by atoms with Crippen LogP contribution in [0.1, 0.15) is 15.4 Å². The molecule has 0 aliphatic rings. The number of carboxylic acid groups (broad SMARTS) is 3. The summed E-state index contributed by atoms with van der Waals surface area (Å²) in [7, 11) is 4.03. The minimum atomic E-state index is -5.08. The number of aromatic amines is 1. The van der Waals surface area contributed by atoms with Crippen LogP contribution in [0, 0.1) is 0 Å². The van der Waals surface area contributed by atoms with Gasteiger partial charge < -0.3 is 25.1 Å². The number of amides is 1. The smallest absolute Gasteiger partial charge is 0.475 e. The van der Waals surface area contributed by atoms with Gasteiger partial charge >= 0.3 is 36.4 Å². The summed E-state index contributed by atoms with van der Waals surface area (Å²) >= 11 is 1.44. The molecule has 22 heteroatoms. The molecular weight excluding hydrogens is 721 g/mol. The summed E-state index contributed by atoms with van der Waals surface area (Å²) in [5.74, 6) is -8.30. The van der Waals surface area contributed by atoms with E-state index in [1.807, 2.05) is 67.7 Å². The van der Waals surface area contributed by atoms with E-state index in [0.717, 1.165) is 33.5 Å². The molecule has 4 N–H and O–H groups in total. The zero-order valence-corrected chi connectivity index (χ0v) is 26.3. The van der Waals surface area contributed by atoms with Gasteiger partial charge in [0.1, 0.15) is 0 Å². The number of nitrogens with zero attached hydrogens (tertiary/aromatic N) is 4. The number of likely N-dealkylation sites (N-methyl/N-ethyl adjacent to an activating group) is 1. The van der Waals surface area contributed by atoms with Gasteiger partial charge in [0.15, 0.2) is 5.01 Å². The van der Waals surface area contributed by atoms with Gasteiger partial charge in [-0.25, -0.2) is 19.4 Å². The number of H-pyrrole nitrogens is 1. The summed E-state index contributed by atoms with van der Waals surface area (Å²) in [6.45, 7) is 2.02. The van der Waals surface area contributed by atoms with Crippen molar-refractivity contribution < 1.29 is 74.0 Å². The molecule has 2 aromatic heterocycles. The van der Waals surface area contributed by atoms with Crippen molar-refractivity contribution in [2.75, 3.05) is 27.2 Å². The molecule has 0 unspecified atom stereocenters. The van der Waals surface area contributed by atoms with Gasteiger partial charge in [-0.2, -0.15) is 44.6 Å². The lowest BCUT2D eigenvalue weighted by atomic mass is 10.1. The standard InChI is InChI=1S/C22H23N5OS.3C2HF3O2/c1-26(2)10-11-27(15-16-6-4-3-5-7-16)22(28)21-25-19-9-8-17(12-20(19)29-21)18-13-23-24-14-18;3*3-2(4,5)1(6)7/h3-9,12-14H,10-11,15H2,1-2H3,(H,23,24);3*(H,6,7). The Bertz CT molecular complexity index is 1640. The Morgan fingerprint density at radius 1 is 0.760 bits per heavy atom. The number of hydrogen-bond donors (Lipinski definition) is 4. The lowest BCUT2D eigenvalue weighted by Crippen LogP contribution is -2.36. The van der Waals surface area contributed by atoms with Crippen molar-refractivity contribution in [3.05, 3.63) is 71.5 Å². The maximum Gasteiger partial charge on any atom is 0.490 e. The van der Waals surface area contributed by atoms with Crippen LogP contribution in [0.3, 0.4) is 0 Å². The number of alkyl halides is 9. The van der Waals surface area contributed by atoms with Crippen LogP contribution in [0.4, 0.5) is 39.5 Å². The van der Waals surface area contributed by atoms with Crippen LogP contribution >= 0.6 is 11.3 Å². The summed E-state index contributed by atoms with van der Waals surface area (Å²) in [6, 6.07) is 16.1. The van der Waals surface area contributed by atoms with Crippen LogP contribution in [-0.4, -0.2) is 110 Å². The van der Waals surface area contributed by atoms with Gasteiger partial charge in [-0.3, -0.25) is 9.89 Å². The fraction of sp³-hybridized carbons (Fsp3) is 0.286. The minimum Gasteiger partial charge on any atom is -0.475 e. The summed E-state index contributed by atoms with van der Waals surface area (Å²) < 4.78 is 96.2. The Morgan fingerprint density at radius 2 is 1.26 bits per heavy atom. The van der Waals surface area contributed by atoms with E-state index < -0.39 is 36.4 Å². The number of rotatable bonds is 7. The average Bonchev–Trinajstić information content (AvgIpc) is 3.69. The predicted molar refractivity (Wildman–Crippen MR) is 158 cm³/mol. The van der Waals surface area contributed by atoms with Crippen molar-refractivity contribution in [1.82, 2.24) is 25.0 Å². The number of aromatic nitrogens is 3. The van der Waals surface area contributed by atoms with E-state index >= 15 is 0 Å². The number of carbonyl (C=O) groups excluding carboxylic acids is 1. The summed E-state index contributed by atoms with van der Waals surface area (Å²) in [5, 5.41) is 28.7. The molecule has 0 aliphatic carbocycles. The van der Waals surface area contributed by atoms with Crippen LogP contribution < -0.4 is 0 Å². The first-order chi connectivity index (χ1) is 22.9. The predicted octanol–water partition coefficient (Wildman–Crippen LogP) is 5.79. The second-order valence-electron chi connectivity index (χ2n) is 9.61. The quantitative estimate of drug-likeness (QED) is 0.169. The van der Waals surface area contributed by atoms with Gasteiger partial charge in [-0.15, -0.1) is 11.3 Å². The molecule has 0 bridgehead atoms. The van der Waals surface area contributed by atoms with E-state index in [4.69, 9.17) is 29.7 Å². The molecule has 0 saturated heterocycles. The largest absolute Gasteiger partial charge is 0.490 e. The van der Waals surface area contributed by atoms with Gasteiger partial charge in [0.05, 0.1) is 16.4 Å². The van der Waals surface area contributed by atoms with E-state index in [1.165, 1.54) is 11.3 Å². The first-order valence-corrected chi connectivity index (χ1v) is 14.0. The van der Waals surface area contributed by atoms with Crippen molar-refractivity contribution >= 4 is 45.4 Å². The van der Waals surface area contributed by atoms with Crippen LogP contribution in [0.5, 0.6) is 0 Å². The molecule has 50 heavy (non-hydrogen) atoms. The van der Waals surface area contributed by atoms with Crippen LogP contribution in [-0.2, 0) is 20.9 Å². The van der Waals surface area contributed by atoms with Gasteiger partial charge in [-0.1, -0.05) is 36.4 Å². The van der Waals surface area contributed by atoms with Crippen LogP contribution in [0.25, 0.3) is 21.3 Å². The number of halogens is 9. The fourth-order valence-corrected chi connectivity index (χ4v) is 4.09. The number of fused-ring (bicyclic) bond motifs is 1. The molecule has 0 spiro atoms. The number of hydrogen-bond acceptors (Lipinski definition) is 8. The maximum absolute atomic E-state index is 13.3. The lowest BCUT2D eigenvalue weighted by molar-refractivity contribution is -0.193. The van der Waals surface area contributed by atoms with Crippen LogP contribution in [0.2, 0.25) is 0 Å². The molecule has 1 amide bonds. The molecule has 4 rings (SSSR count). The molecule has 274 valence electrons. The van der Waals surface area contributed by atoms with Gasteiger partial charge in [0, 0.05) is 31.4 Å². The van der Waals surface area contributed by atoms with E-state index in [-0.39, 0.29) is 5.91 Å². The number of carbonyl (C=O) groups is 4. The lowest BCUT2D eigenvalue weighted by Gasteiger charge is -2.23. The maximum atomic E-state index is 13.3. The second kappa shape index (κ2) is 18.5. The first kappa shape index (κ1) is 42.8. The van der Waals surface area contributed by atoms with E-state index in [2.05, 4.69) is 26.1 Å². The number of benzene rings is 2. The van der Waals surface area contributed by atoms with Gasteiger partial charge in [0.25, 0.3) is 5.91 Å². The molecule has 0 saturated carbocycles. The van der Waals surface area contributed by atoms with Crippen LogP contribution in [0.15, 0.2) is 60.9 Å². The van der Waals surface area contributed by atoms with Crippen molar-refractivity contribution in [1.29, 1.82) is 0 Å². The molecule has 4 aromatic rings. The number of carboxylic acids is 3. The summed E-state index contributed by atoms with van der Waals surface area (Å²) in [5.41, 5.74) is 4.04. The summed E-state index contributed by atoms with van der Waals surface area (Å²) in [6.07, 6.45) is -11.6. The minimum absolute atomic E-state index is 0.0261. The molecule has 0 fully saturated rings. The van der Waals surface area contributed by atoms with E-state index in [1.54, 1.807) is 6.20 Å². The van der Waals surface area contributed by atoms with E-state index in [9.17, 15) is 44.3 Å². The van der Waals surface area contributed by atoms with Crippen molar-refractivity contribution in [2.45, 2.75) is 25.1 Å². The van der Waals surface area contributed by atoms with Gasteiger partial charge in [-0.05, 0) is 37.4 Å². The first-order valence-electron chi connectivity index (χ1n) is 13.2. The highest BCUT2D eigenvalue weighted by Crippen LogP contribution is 2.29. The zero-order chi connectivity index (χ0) is 38.4. The Labute approximate surface area is 279 Å². The third-order valence-electron chi connectivity index (χ3n) is 5.45. The Hall–Kier alpha value is -5.25. The Balaban J connectivity index is 0.000000486. The fourth-order valence-electron chi connectivity index (χ4n) is 3.12. The highest BCUT2D eigenvalue weighted by atomic mass is 32.1. The second-order valence-corrected chi connectivity index (χ2v) is 10.6. The molecule has 2 heterocycles. The number of aliphatic carboxylic acids is 3. The van der Waals surface area contributed by atoms with Gasteiger partial charge in [0.2, 0.25) is 0 Å². The molecule has 0 radical (unpaired) electrons. The SMILES string of the molecule is CN(C)CCN(Cc1ccccc1)C(=O)c1nc2ccc(-c3cn[nH]c3)cc2s1.O=C(O)C(F)(F)F.O=C(O)C(F)(F)F.O=C(O)C(F)(F)F. The third-order valence-corrected chi connectivity index (χ3v) is 6.46. The van der Waals surface area contributed by atoms with Crippen molar-refractivity contribution in [3.8, 4) is 11.1 Å².